The lowest BCUT2D eigenvalue weighted by molar-refractivity contribution is -0.151. The summed E-state index contributed by atoms with van der Waals surface area (Å²) in [5.41, 5.74) is 5.85. The van der Waals surface area contributed by atoms with Crippen LogP contribution in [0.5, 0.6) is 0 Å². The number of nitrogens with two attached hydrogens (primary N) is 1. The average molecular weight is 271 g/mol. The molecule has 1 aliphatic carbocycles. The summed E-state index contributed by atoms with van der Waals surface area (Å²) >= 11 is 0. The fourth-order valence-electron chi connectivity index (χ4n) is 2.26. The Morgan fingerprint density at radius 1 is 1.16 bits per heavy atom. The molecule has 0 aliphatic heterocycles. The van der Waals surface area contributed by atoms with Gasteiger partial charge in [0.2, 0.25) is 0 Å². The molecule has 19 heavy (non-hydrogen) atoms. The molecule has 1 aliphatic rings. The molecule has 0 amide bonds. The highest BCUT2D eigenvalue weighted by Crippen LogP contribution is 2.28. The minimum Gasteiger partial charge on any atom is -0.378 e. The van der Waals surface area contributed by atoms with Crippen LogP contribution in [0.2, 0.25) is 0 Å². The number of methoxy groups -OCH3 is 1. The molecule has 0 saturated carbocycles. The van der Waals surface area contributed by atoms with Crippen molar-refractivity contribution in [3.8, 4) is 0 Å². The summed E-state index contributed by atoms with van der Waals surface area (Å²) in [4.78, 5) is 0. The number of ether oxygens (including phenoxy) is 3. The molecule has 0 heterocycles. The molecule has 0 aromatic carbocycles. The van der Waals surface area contributed by atoms with E-state index in [0.717, 1.165) is 0 Å². The summed E-state index contributed by atoms with van der Waals surface area (Å²) in [5.74, 6) is 0.173. The van der Waals surface area contributed by atoms with E-state index in [1.165, 1.54) is 0 Å². The second-order valence-electron chi connectivity index (χ2n) is 6.40. The third-order valence-electron chi connectivity index (χ3n) is 3.09. The maximum absolute atomic E-state index is 6.16. The van der Waals surface area contributed by atoms with Crippen LogP contribution in [-0.2, 0) is 14.2 Å². The van der Waals surface area contributed by atoms with E-state index >= 15 is 0 Å². The maximum atomic E-state index is 6.16. The summed E-state index contributed by atoms with van der Waals surface area (Å²) < 4.78 is 17.4. The molecule has 0 spiro atoms. The van der Waals surface area contributed by atoms with E-state index in [1.807, 2.05) is 40.7 Å². The maximum Gasteiger partial charge on any atom is 0.103 e. The molecule has 0 radical (unpaired) electrons. The summed E-state index contributed by atoms with van der Waals surface area (Å²) in [6, 6.07) is -0.132. The van der Waals surface area contributed by atoms with E-state index in [9.17, 15) is 0 Å². The zero-order valence-electron chi connectivity index (χ0n) is 13.1. The van der Waals surface area contributed by atoms with Gasteiger partial charge in [0.1, 0.15) is 6.10 Å². The first-order valence-corrected chi connectivity index (χ1v) is 7.00. The van der Waals surface area contributed by atoms with Gasteiger partial charge in [-0.3, -0.25) is 0 Å². The predicted octanol–water partition coefficient (Wildman–Crippen LogP) is 2.12. The smallest absolute Gasteiger partial charge is 0.103 e. The minimum atomic E-state index is -0.234. The molecular formula is C15H29NO3. The standard InChI is InChI=1S/C15H29NO3/c1-10(2)18-9-11-7-8-12(16)14(17-6)13(11)19-15(3,4)5/h7-8,10-14H,9,16H2,1-6H3/t11-,12-,13?,14+/m1/s1. The zero-order chi connectivity index (χ0) is 14.6. The van der Waals surface area contributed by atoms with Crippen LogP contribution >= 0.6 is 0 Å². The number of hydrogen-bond acceptors (Lipinski definition) is 4. The van der Waals surface area contributed by atoms with Gasteiger partial charge in [0, 0.05) is 13.0 Å². The Morgan fingerprint density at radius 2 is 1.79 bits per heavy atom. The van der Waals surface area contributed by atoms with E-state index in [4.69, 9.17) is 19.9 Å². The molecule has 0 bridgehead atoms. The molecule has 0 saturated heterocycles. The van der Waals surface area contributed by atoms with E-state index in [-0.39, 0.29) is 35.9 Å². The Labute approximate surface area is 117 Å². The van der Waals surface area contributed by atoms with Crippen molar-refractivity contribution < 1.29 is 14.2 Å². The second kappa shape index (κ2) is 6.84. The first-order valence-electron chi connectivity index (χ1n) is 7.00. The van der Waals surface area contributed by atoms with Crippen LogP contribution in [0.3, 0.4) is 0 Å². The fourth-order valence-corrected chi connectivity index (χ4v) is 2.26. The molecular weight excluding hydrogens is 242 g/mol. The van der Waals surface area contributed by atoms with Crippen LogP contribution in [0, 0.1) is 5.92 Å². The largest absolute Gasteiger partial charge is 0.378 e. The SMILES string of the molecule is CO[C@@H]1C(OC(C)(C)C)[C@@H](COC(C)C)C=C[C@H]1N. The van der Waals surface area contributed by atoms with Crippen molar-refractivity contribution >= 4 is 0 Å². The van der Waals surface area contributed by atoms with Crippen molar-refractivity contribution in [2.45, 2.75) is 64.6 Å². The van der Waals surface area contributed by atoms with E-state index in [0.29, 0.717) is 6.61 Å². The van der Waals surface area contributed by atoms with Crippen LogP contribution in [0.1, 0.15) is 34.6 Å². The monoisotopic (exact) mass is 271 g/mol. The molecule has 4 nitrogen and oxygen atoms in total. The normalized spacial score (nSPS) is 32.0. The molecule has 112 valence electrons. The Morgan fingerprint density at radius 3 is 2.26 bits per heavy atom. The van der Waals surface area contributed by atoms with Gasteiger partial charge < -0.3 is 19.9 Å². The van der Waals surface area contributed by atoms with E-state index in [1.54, 1.807) is 7.11 Å². The van der Waals surface area contributed by atoms with Crippen molar-refractivity contribution in [1.29, 1.82) is 0 Å². The minimum absolute atomic E-state index is 0.0799. The third-order valence-corrected chi connectivity index (χ3v) is 3.09. The van der Waals surface area contributed by atoms with Gasteiger partial charge in [0.15, 0.2) is 0 Å². The van der Waals surface area contributed by atoms with Crippen LogP contribution in [-0.4, -0.2) is 43.7 Å². The summed E-state index contributed by atoms with van der Waals surface area (Å²) in [5, 5.41) is 0. The lowest BCUT2D eigenvalue weighted by Crippen LogP contribution is -2.53. The Hall–Kier alpha value is -0.420. The lowest BCUT2D eigenvalue weighted by atomic mass is 9.87. The van der Waals surface area contributed by atoms with Crippen LogP contribution in [0.4, 0.5) is 0 Å². The Bertz CT molecular complexity index is 296. The van der Waals surface area contributed by atoms with Crippen molar-refractivity contribution in [3.05, 3.63) is 12.2 Å². The first-order chi connectivity index (χ1) is 8.74. The van der Waals surface area contributed by atoms with Crippen LogP contribution in [0.15, 0.2) is 12.2 Å². The van der Waals surface area contributed by atoms with Gasteiger partial charge in [-0.1, -0.05) is 12.2 Å². The molecule has 2 N–H and O–H groups in total. The quantitative estimate of drug-likeness (QED) is 0.778. The Kier molecular flexibility index (Phi) is 5.99. The van der Waals surface area contributed by atoms with Gasteiger partial charge in [-0.05, 0) is 34.6 Å². The Balaban J connectivity index is 2.82. The number of hydrogen-bond donors (Lipinski definition) is 1. The van der Waals surface area contributed by atoms with Gasteiger partial charge in [0.25, 0.3) is 0 Å². The highest BCUT2D eigenvalue weighted by atomic mass is 16.6. The fraction of sp³-hybridized carbons (Fsp3) is 0.867. The predicted molar refractivity (Wildman–Crippen MR) is 77.1 cm³/mol. The molecule has 4 heteroatoms. The number of rotatable bonds is 5. The third kappa shape index (κ3) is 5.22. The highest BCUT2D eigenvalue weighted by molar-refractivity contribution is 5.10. The summed E-state index contributed by atoms with van der Waals surface area (Å²) in [7, 11) is 1.68. The summed E-state index contributed by atoms with van der Waals surface area (Å²) in [6.07, 6.45) is 4.08. The van der Waals surface area contributed by atoms with Crippen LogP contribution in [0.25, 0.3) is 0 Å². The van der Waals surface area contributed by atoms with E-state index in [2.05, 4.69) is 6.08 Å². The molecule has 0 fully saturated rings. The van der Waals surface area contributed by atoms with Gasteiger partial charge in [0.05, 0.1) is 30.5 Å². The lowest BCUT2D eigenvalue weighted by Gasteiger charge is -2.40. The van der Waals surface area contributed by atoms with Crippen LogP contribution < -0.4 is 5.73 Å². The van der Waals surface area contributed by atoms with Gasteiger partial charge in [-0.25, -0.2) is 0 Å². The van der Waals surface area contributed by atoms with Crippen molar-refractivity contribution in [2.24, 2.45) is 11.7 Å². The molecule has 0 aromatic rings. The highest BCUT2D eigenvalue weighted by Gasteiger charge is 2.38. The van der Waals surface area contributed by atoms with Gasteiger partial charge in [-0.15, -0.1) is 0 Å². The topological polar surface area (TPSA) is 53.7 Å². The van der Waals surface area contributed by atoms with Crippen molar-refractivity contribution in [1.82, 2.24) is 0 Å². The average Bonchev–Trinajstić information content (AvgIpc) is 2.26. The zero-order valence-corrected chi connectivity index (χ0v) is 13.1. The van der Waals surface area contributed by atoms with Gasteiger partial charge >= 0.3 is 0 Å². The molecule has 1 unspecified atom stereocenters. The van der Waals surface area contributed by atoms with Gasteiger partial charge in [-0.2, -0.15) is 0 Å². The van der Waals surface area contributed by atoms with Crippen molar-refractivity contribution in [3.63, 3.8) is 0 Å². The summed E-state index contributed by atoms with van der Waals surface area (Å²) in [6.45, 7) is 10.8. The molecule has 4 atom stereocenters. The molecule has 1 rings (SSSR count). The van der Waals surface area contributed by atoms with Crippen molar-refractivity contribution in [2.75, 3.05) is 13.7 Å². The first kappa shape index (κ1) is 16.6. The molecule has 0 aromatic heterocycles. The second-order valence-corrected chi connectivity index (χ2v) is 6.40. The van der Waals surface area contributed by atoms with E-state index < -0.39 is 0 Å².